The molecule has 1 aromatic rings. The van der Waals surface area contributed by atoms with Gasteiger partial charge in [-0.05, 0) is 44.5 Å². The average Bonchev–Trinajstić information content (AvgIpc) is 2.41. The Labute approximate surface area is 115 Å². The summed E-state index contributed by atoms with van der Waals surface area (Å²) in [5.41, 5.74) is -0.0410. The van der Waals surface area contributed by atoms with E-state index in [0.29, 0.717) is 13.0 Å². The second-order valence-corrected chi connectivity index (χ2v) is 4.60. The summed E-state index contributed by atoms with van der Waals surface area (Å²) in [5.74, 6) is 0.671. The molecular formula is C15H23NO3. The molecule has 0 saturated heterocycles. The first-order chi connectivity index (χ1) is 9.05. The van der Waals surface area contributed by atoms with Crippen LogP contribution in [0.1, 0.15) is 33.6 Å². The highest BCUT2D eigenvalue weighted by Crippen LogP contribution is 2.21. The number of nitrogens with one attached hydrogen (secondary N) is 1. The van der Waals surface area contributed by atoms with Gasteiger partial charge in [-0.3, -0.25) is 4.79 Å². The molecule has 0 unspecified atom stereocenters. The average molecular weight is 265 g/mol. The number of carbonyl (C=O) groups is 1. The van der Waals surface area contributed by atoms with E-state index in [0.717, 1.165) is 17.9 Å². The second kappa shape index (κ2) is 7.14. The van der Waals surface area contributed by atoms with Gasteiger partial charge in [0.15, 0.2) is 0 Å². The van der Waals surface area contributed by atoms with Gasteiger partial charge in [0.05, 0.1) is 6.61 Å². The van der Waals surface area contributed by atoms with Gasteiger partial charge in [-0.1, -0.05) is 13.3 Å². The normalized spacial score (nSPS) is 13.7. The number of hydrogen-bond acceptors (Lipinski definition) is 3. The number of rotatable bonds is 7. The predicted molar refractivity (Wildman–Crippen MR) is 76.6 cm³/mol. The van der Waals surface area contributed by atoms with E-state index < -0.39 is 5.60 Å². The smallest absolute Gasteiger partial charge is 0.256 e. The Morgan fingerprint density at radius 1 is 1.26 bits per heavy atom. The van der Waals surface area contributed by atoms with Crippen molar-refractivity contribution in [2.24, 2.45) is 0 Å². The van der Waals surface area contributed by atoms with Crippen LogP contribution in [0.3, 0.4) is 0 Å². The number of carbonyl (C=O) groups excluding carboxylic acids is 1. The van der Waals surface area contributed by atoms with Gasteiger partial charge in [0.1, 0.15) is 11.4 Å². The summed E-state index contributed by atoms with van der Waals surface area (Å²) < 4.78 is 10.7. The zero-order chi connectivity index (χ0) is 14.3. The van der Waals surface area contributed by atoms with Crippen LogP contribution in [0.25, 0.3) is 0 Å². The van der Waals surface area contributed by atoms with Crippen molar-refractivity contribution in [3.63, 3.8) is 0 Å². The molecule has 0 spiro atoms. The maximum Gasteiger partial charge on any atom is 0.256 e. The van der Waals surface area contributed by atoms with Crippen molar-refractivity contribution in [3.05, 3.63) is 24.3 Å². The second-order valence-electron chi connectivity index (χ2n) is 4.60. The van der Waals surface area contributed by atoms with Gasteiger partial charge < -0.3 is 14.8 Å². The van der Waals surface area contributed by atoms with Crippen LogP contribution in [-0.4, -0.2) is 25.2 Å². The predicted octanol–water partition coefficient (Wildman–Crippen LogP) is 3.23. The van der Waals surface area contributed by atoms with Crippen LogP contribution >= 0.6 is 0 Å². The third-order valence-electron chi connectivity index (χ3n) is 3.08. The van der Waals surface area contributed by atoms with E-state index in [2.05, 4.69) is 5.32 Å². The summed E-state index contributed by atoms with van der Waals surface area (Å²) in [6.07, 6.45) is 1.58. The summed E-state index contributed by atoms with van der Waals surface area (Å²) in [5, 5.41) is 2.87. The van der Waals surface area contributed by atoms with Crippen molar-refractivity contribution < 1.29 is 14.3 Å². The SMILES string of the molecule is CCC[C@@](C)(OC)C(=O)Nc1ccc(OCC)cc1. The van der Waals surface area contributed by atoms with Crippen LogP contribution in [0.5, 0.6) is 5.75 Å². The molecule has 4 nitrogen and oxygen atoms in total. The van der Waals surface area contributed by atoms with E-state index in [-0.39, 0.29) is 5.91 Å². The van der Waals surface area contributed by atoms with Crippen LogP contribution in [0, 0.1) is 0 Å². The lowest BCUT2D eigenvalue weighted by atomic mass is 9.99. The Hall–Kier alpha value is -1.55. The van der Waals surface area contributed by atoms with Crippen molar-refractivity contribution in [1.29, 1.82) is 0 Å². The molecule has 0 aromatic heterocycles. The molecule has 0 aliphatic carbocycles. The van der Waals surface area contributed by atoms with E-state index in [9.17, 15) is 4.79 Å². The van der Waals surface area contributed by atoms with Gasteiger partial charge in [0.25, 0.3) is 5.91 Å². The lowest BCUT2D eigenvalue weighted by Crippen LogP contribution is -2.41. The quantitative estimate of drug-likeness (QED) is 0.823. The zero-order valence-corrected chi connectivity index (χ0v) is 12.2. The molecule has 106 valence electrons. The largest absolute Gasteiger partial charge is 0.494 e. The monoisotopic (exact) mass is 265 g/mol. The molecule has 0 bridgehead atoms. The molecule has 4 heteroatoms. The van der Waals surface area contributed by atoms with Gasteiger partial charge in [-0.25, -0.2) is 0 Å². The molecule has 1 rings (SSSR count). The van der Waals surface area contributed by atoms with Crippen LogP contribution in [0.15, 0.2) is 24.3 Å². The molecule has 19 heavy (non-hydrogen) atoms. The highest BCUT2D eigenvalue weighted by atomic mass is 16.5. The fraction of sp³-hybridized carbons (Fsp3) is 0.533. The van der Waals surface area contributed by atoms with Gasteiger partial charge >= 0.3 is 0 Å². The number of amides is 1. The fourth-order valence-corrected chi connectivity index (χ4v) is 1.85. The van der Waals surface area contributed by atoms with E-state index in [4.69, 9.17) is 9.47 Å². The maximum absolute atomic E-state index is 12.2. The molecular weight excluding hydrogens is 242 g/mol. The van der Waals surface area contributed by atoms with Crippen LogP contribution < -0.4 is 10.1 Å². The summed E-state index contributed by atoms with van der Waals surface area (Å²) in [6, 6.07) is 7.32. The number of anilines is 1. The Balaban J connectivity index is 2.70. The van der Waals surface area contributed by atoms with E-state index in [1.165, 1.54) is 0 Å². The summed E-state index contributed by atoms with van der Waals surface area (Å²) in [6.45, 7) is 6.40. The lowest BCUT2D eigenvalue weighted by molar-refractivity contribution is -0.136. The molecule has 1 amide bonds. The van der Waals surface area contributed by atoms with Crippen molar-refractivity contribution in [3.8, 4) is 5.75 Å². The molecule has 0 aliphatic rings. The number of hydrogen-bond donors (Lipinski definition) is 1. The Morgan fingerprint density at radius 2 is 1.89 bits per heavy atom. The maximum atomic E-state index is 12.2. The van der Waals surface area contributed by atoms with Gasteiger partial charge in [0.2, 0.25) is 0 Å². The Morgan fingerprint density at radius 3 is 2.37 bits per heavy atom. The molecule has 1 atom stereocenters. The van der Waals surface area contributed by atoms with Crippen molar-refractivity contribution in [2.75, 3.05) is 19.0 Å². The van der Waals surface area contributed by atoms with Crippen molar-refractivity contribution in [1.82, 2.24) is 0 Å². The van der Waals surface area contributed by atoms with Crippen molar-refractivity contribution in [2.45, 2.75) is 39.2 Å². The minimum absolute atomic E-state index is 0.124. The first-order valence-electron chi connectivity index (χ1n) is 6.65. The van der Waals surface area contributed by atoms with E-state index in [1.807, 2.05) is 38.1 Å². The van der Waals surface area contributed by atoms with Gasteiger partial charge in [-0.15, -0.1) is 0 Å². The minimum atomic E-state index is -0.784. The highest BCUT2D eigenvalue weighted by Gasteiger charge is 2.31. The summed E-state index contributed by atoms with van der Waals surface area (Å²) in [4.78, 5) is 12.2. The Kier molecular flexibility index (Phi) is 5.83. The number of methoxy groups -OCH3 is 1. The van der Waals surface area contributed by atoms with Crippen molar-refractivity contribution >= 4 is 11.6 Å². The first-order valence-corrected chi connectivity index (χ1v) is 6.65. The number of ether oxygens (including phenoxy) is 2. The van der Waals surface area contributed by atoms with E-state index in [1.54, 1.807) is 14.0 Å². The third kappa shape index (κ3) is 4.24. The number of benzene rings is 1. The third-order valence-corrected chi connectivity index (χ3v) is 3.08. The first kappa shape index (κ1) is 15.5. The highest BCUT2D eigenvalue weighted by molar-refractivity contribution is 5.97. The zero-order valence-electron chi connectivity index (χ0n) is 12.2. The van der Waals surface area contributed by atoms with Crippen LogP contribution in [0.4, 0.5) is 5.69 Å². The molecule has 0 fully saturated rings. The molecule has 0 heterocycles. The summed E-state index contributed by atoms with van der Waals surface area (Å²) >= 11 is 0. The standard InChI is InChI=1S/C15H23NO3/c1-5-11-15(3,18-4)14(17)16-12-7-9-13(10-8-12)19-6-2/h7-10H,5-6,11H2,1-4H3,(H,16,17)/t15-/m1/s1. The molecule has 1 N–H and O–H groups in total. The minimum Gasteiger partial charge on any atom is -0.494 e. The van der Waals surface area contributed by atoms with Gasteiger partial charge in [0, 0.05) is 12.8 Å². The fourth-order valence-electron chi connectivity index (χ4n) is 1.85. The lowest BCUT2D eigenvalue weighted by Gasteiger charge is -2.26. The van der Waals surface area contributed by atoms with Crippen LogP contribution in [0.2, 0.25) is 0 Å². The molecule has 0 saturated carbocycles. The summed E-state index contributed by atoms with van der Waals surface area (Å²) in [7, 11) is 1.56. The molecule has 1 aromatic carbocycles. The molecule has 0 radical (unpaired) electrons. The molecule has 0 aliphatic heterocycles. The Bertz CT molecular complexity index is 402. The topological polar surface area (TPSA) is 47.6 Å². The van der Waals surface area contributed by atoms with E-state index >= 15 is 0 Å². The van der Waals surface area contributed by atoms with Gasteiger partial charge in [-0.2, -0.15) is 0 Å². The van der Waals surface area contributed by atoms with Crippen LogP contribution in [-0.2, 0) is 9.53 Å².